The summed E-state index contributed by atoms with van der Waals surface area (Å²) in [5.74, 6) is 0.703. The molecule has 4 nitrogen and oxygen atoms in total. The van der Waals surface area contributed by atoms with Crippen molar-refractivity contribution in [1.29, 1.82) is 0 Å². The number of aromatic nitrogens is 2. The molecule has 2 heterocycles. The number of hydrogen-bond acceptors (Lipinski definition) is 3. The molecule has 0 amide bonds. The molecule has 0 atom stereocenters. The largest absolute Gasteiger partial charge is 0.497 e. The number of aliphatic hydroxyl groups excluding tert-OH is 1. The van der Waals surface area contributed by atoms with E-state index in [1.54, 1.807) is 7.11 Å². The molecule has 0 radical (unpaired) electrons. The molecule has 8 rings (SSSR count). The lowest BCUT2D eigenvalue weighted by Crippen LogP contribution is -2.28. The SMILES string of the molecule is COc1cc(CO)cc(-n2c3cc4c(cc3c3ncccc32)C(c2ccccc2)(c2ccccc2)c2ccccc2-4)c1. The predicted octanol–water partition coefficient (Wildman–Crippen LogP) is 8.04. The zero-order valence-electron chi connectivity index (χ0n) is 23.2. The van der Waals surface area contributed by atoms with Gasteiger partial charge in [-0.3, -0.25) is 4.98 Å². The molecule has 1 aliphatic carbocycles. The van der Waals surface area contributed by atoms with Gasteiger partial charge in [0.2, 0.25) is 0 Å². The number of nitrogens with zero attached hydrogens (tertiary/aromatic N) is 2. The number of ether oxygens (including phenoxy) is 1. The van der Waals surface area contributed by atoms with Crippen LogP contribution in [0.3, 0.4) is 0 Å². The lowest BCUT2D eigenvalue weighted by molar-refractivity contribution is 0.281. The monoisotopic (exact) mass is 544 g/mol. The Morgan fingerprint density at radius 2 is 1.40 bits per heavy atom. The maximum absolute atomic E-state index is 10.0. The van der Waals surface area contributed by atoms with Gasteiger partial charge in [0.15, 0.2) is 0 Å². The second kappa shape index (κ2) is 9.44. The van der Waals surface area contributed by atoms with E-state index in [2.05, 4.69) is 108 Å². The average Bonchev–Trinajstić information content (AvgIpc) is 3.54. The molecular formula is C38H28N2O2. The highest BCUT2D eigenvalue weighted by Gasteiger charge is 2.46. The van der Waals surface area contributed by atoms with E-state index >= 15 is 0 Å². The molecule has 1 aliphatic rings. The van der Waals surface area contributed by atoms with E-state index in [0.29, 0.717) is 5.75 Å². The summed E-state index contributed by atoms with van der Waals surface area (Å²) in [7, 11) is 1.66. The molecule has 42 heavy (non-hydrogen) atoms. The molecule has 1 N–H and O–H groups in total. The molecule has 0 unspecified atom stereocenters. The van der Waals surface area contributed by atoms with Crippen molar-refractivity contribution in [3.05, 3.63) is 161 Å². The quantitative estimate of drug-likeness (QED) is 0.239. The van der Waals surface area contributed by atoms with Crippen molar-refractivity contribution in [3.63, 3.8) is 0 Å². The van der Waals surface area contributed by atoms with Crippen LogP contribution in [0.5, 0.6) is 5.75 Å². The number of pyridine rings is 1. The van der Waals surface area contributed by atoms with Gasteiger partial charge >= 0.3 is 0 Å². The Morgan fingerprint density at radius 1 is 0.690 bits per heavy atom. The molecule has 5 aromatic carbocycles. The molecule has 0 spiro atoms. The van der Waals surface area contributed by atoms with E-state index in [4.69, 9.17) is 9.72 Å². The Kier molecular flexibility index (Phi) is 5.53. The second-order valence-electron chi connectivity index (χ2n) is 10.8. The van der Waals surface area contributed by atoms with Gasteiger partial charge in [0.25, 0.3) is 0 Å². The fraction of sp³-hybridized carbons (Fsp3) is 0.0789. The van der Waals surface area contributed by atoms with Crippen LogP contribution in [-0.2, 0) is 12.0 Å². The van der Waals surface area contributed by atoms with Crippen LogP contribution < -0.4 is 4.74 Å². The van der Waals surface area contributed by atoms with Crippen molar-refractivity contribution in [2.45, 2.75) is 12.0 Å². The maximum atomic E-state index is 10.0. The van der Waals surface area contributed by atoms with Crippen molar-refractivity contribution in [3.8, 4) is 22.6 Å². The van der Waals surface area contributed by atoms with Crippen LogP contribution in [0.1, 0.15) is 27.8 Å². The summed E-state index contributed by atoms with van der Waals surface area (Å²) in [4.78, 5) is 4.91. The highest BCUT2D eigenvalue weighted by molar-refractivity contribution is 6.10. The molecule has 0 fully saturated rings. The predicted molar refractivity (Wildman–Crippen MR) is 168 cm³/mol. The van der Waals surface area contributed by atoms with Crippen molar-refractivity contribution in [1.82, 2.24) is 9.55 Å². The molecule has 4 heteroatoms. The normalized spacial score (nSPS) is 13.3. The number of benzene rings is 5. The fourth-order valence-electron chi connectivity index (χ4n) is 7.03. The summed E-state index contributed by atoms with van der Waals surface area (Å²) in [5.41, 5.74) is 11.7. The highest BCUT2D eigenvalue weighted by Crippen LogP contribution is 2.57. The molecule has 0 bridgehead atoms. The van der Waals surface area contributed by atoms with E-state index in [1.807, 2.05) is 30.5 Å². The smallest absolute Gasteiger partial charge is 0.121 e. The van der Waals surface area contributed by atoms with Gasteiger partial charge in [0.05, 0.1) is 41.4 Å². The second-order valence-corrected chi connectivity index (χ2v) is 10.8. The average molecular weight is 545 g/mol. The van der Waals surface area contributed by atoms with Crippen LogP contribution in [0.25, 0.3) is 38.8 Å². The zero-order valence-corrected chi connectivity index (χ0v) is 23.2. The first kappa shape index (κ1) is 24.6. The Balaban J connectivity index is 1.54. The number of fused-ring (bicyclic) bond motifs is 6. The molecule has 0 aliphatic heterocycles. The molecule has 7 aromatic rings. The number of aliphatic hydroxyl groups is 1. The van der Waals surface area contributed by atoms with E-state index < -0.39 is 5.41 Å². The summed E-state index contributed by atoms with van der Waals surface area (Å²) < 4.78 is 7.87. The summed E-state index contributed by atoms with van der Waals surface area (Å²) in [6, 6.07) is 45.2. The first-order valence-corrected chi connectivity index (χ1v) is 14.2. The number of hydrogen-bond donors (Lipinski definition) is 1. The van der Waals surface area contributed by atoms with Gasteiger partial charge in [-0.25, -0.2) is 0 Å². The minimum Gasteiger partial charge on any atom is -0.497 e. The fourth-order valence-corrected chi connectivity index (χ4v) is 7.03. The third-order valence-corrected chi connectivity index (χ3v) is 8.73. The van der Waals surface area contributed by atoms with E-state index in [-0.39, 0.29) is 6.61 Å². The van der Waals surface area contributed by atoms with Crippen LogP contribution in [0.2, 0.25) is 0 Å². The molecule has 2 aromatic heterocycles. The lowest BCUT2D eigenvalue weighted by atomic mass is 9.67. The van der Waals surface area contributed by atoms with Crippen LogP contribution in [-0.4, -0.2) is 21.8 Å². The van der Waals surface area contributed by atoms with Crippen LogP contribution in [0.4, 0.5) is 0 Å². The third-order valence-electron chi connectivity index (χ3n) is 8.73. The topological polar surface area (TPSA) is 47.3 Å². The van der Waals surface area contributed by atoms with Gasteiger partial charge in [-0.05, 0) is 75.3 Å². The minimum atomic E-state index is -0.480. The summed E-state index contributed by atoms with van der Waals surface area (Å²) in [6.07, 6.45) is 1.86. The Hall–Kier alpha value is -5.19. The first-order valence-electron chi connectivity index (χ1n) is 14.2. The Morgan fingerprint density at radius 3 is 2.12 bits per heavy atom. The van der Waals surface area contributed by atoms with Crippen molar-refractivity contribution < 1.29 is 9.84 Å². The lowest BCUT2D eigenvalue weighted by Gasteiger charge is -2.33. The summed E-state index contributed by atoms with van der Waals surface area (Å²) in [6.45, 7) is -0.0704. The van der Waals surface area contributed by atoms with Gasteiger partial charge in [-0.15, -0.1) is 0 Å². The molecule has 0 saturated carbocycles. The standard InChI is InChI=1S/C38H28N2O2/c1-42-29-20-25(24-41)19-28(21-29)40-35-17-10-18-39-37(35)32-22-34-31(23-36(32)40)30-15-8-9-16-33(30)38(34,26-11-4-2-5-12-26)27-13-6-3-7-14-27/h2-23,41H,24H2,1H3. The van der Waals surface area contributed by atoms with Gasteiger partial charge in [0, 0.05) is 17.6 Å². The van der Waals surface area contributed by atoms with Crippen molar-refractivity contribution in [2.75, 3.05) is 7.11 Å². The molecule has 202 valence electrons. The minimum absolute atomic E-state index is 0.0704. The molecular weight excluding hydrogens is 516 g/mol. The summed E-state index contributed by atoms with van der Waals surface area (Å²) in [5, 5.41) is 11.1. The maximum Gasteiger partial charge on any atom is 0.121 e. The van der Waals surface area contributed by atoms with Gasteiger partial charge in [-0.1, -0.05) is 84.9 Å². The highest BCUT2D eigenvalue weighted by atomic mass is 16.5. The van der Waals surface area contributed by atoms with Crippen LogP contribution >= 0.6 is 0 Å². The zero-order chi connectivity index (χ0) is 28.3. The Bertz CT molecular complexity index is 2050. The van der Waals surface area contributed by atoms with Crippen LogP contribution in [0, 0.1) is 0 Å². The van der Waals surface area contributed by atoms with Crippen LogP contribution in [0.15, 0.2) is 134 Å². The first-order chi connectivity index (χ1) is 20.7. The number of rotatable bonds is 5. The third kappa shape index (κ3) is 3.36. The number of methoxy groups -OCH3 is 1. The van der Waals surface area contributed by atoms with Crippen molar-refractivity contribution >= 4 is 21.9 Å². The van der Waals surface area contributed by atoms with E-state index in [9.17, 15) is 5.11 Å². The van der Waals surface area contributed by atoms with E-state index in [0.717, 1.165) is 33.2 Å². The molecule has 0 saturated heterocycles. The van der Waals surface area contributed by atoms with Gasteiger partial charge < -0.3 is 14.4 Å². The van der Waals surface area contributed by atoms with Gasteiger partial charge in [-0.2, -0.15) is 0 Å². The van der Waals surface area contributed by atoms with Crippen molar-refractivity contribution in [2.24, 2.45) is 0 Å². The van der Waals surface area contributed by atoms with E-state index in [1.165, 1.54) is 33.4 Å². The van der Waals surface area contributed by atoms with Gasteiger partial charge in [0.1, 0.15) is 5.75 Å². The summed E-state index contributed by atoms with van der Waals surface area (Å²) >= 11 is 0. The Labute approximate surface area is 244 Å².